The van der Waals surface area contributed by atoms with Gasteiger partial charge in [0.2, 0.25) is 0 Å². The number of hydrogen-bond donors (Lipinski definition) is 2. The number of nitrogens with zero attached hydrogens (tertiary/aromatic N) is 2. The van der Waals surface area contributed by atoms with E-state index in [1.165, 1.54) is 6.07 Å². The van der Waals surface area contributed by atoms with Gasteiger partial charge >= 0.3 is 0 Å². The lowest BCUT2D eigenvalue weighted by atomic mass is 10.1. The molecule has 2 unspecified atom stereocenters. The molecule has 1 aliphatic rings. The molecule has 0 bridgehead atoms. The van der Waals surface area contributed by atoms with Gasteiger partial charge in [0.05, 0.1) is 23.3 Å². The van der Waals surface area contributed by atoms with Crippen molar-refractivity contribution in [1.82, 2.24) is 15.5 Å². The summed E-state index contributed by atoms with van der Waals surface area (Å²) in [6, 6.07) is 11.7. The Kier molecular flexibility index (Phi) is 5.50. The molecule has 0 aliphatic carbocycles. The predicted molar refractivity (Wildman–Crippen MR) is 112 cm³/mol. The molecular weight excluding hydrogens is 387 g/mol. The van der Waals surface area contributed by atoms with E-state index in [1.54, 1.807) is 36.4 Å². The van der Waals surface area contributed by atoms with E-state index in [2.05, 4.69) is 15.5 Å². The number of rotatable bonds is 4. The Morgan fingerprint density at radius 3 is 2.60 bits per heavy atom. The summed E-state index contributed by atoms with van der Waals surface area (Å²) in [5.74, 6) is -0.779. The molecule has 2 aromatic carbocycles. The molecule has 1 aliphatic heterocycles. The Labute approximate surface area is 172 Å². The number of carbonyl (C=O) groups excluding carboxylic acids is 1. The zero-order valence-corrected chi connectivity index (χ0v) is 16.8. The molecule has 1 saturated heterocycles. The van der Waals surface area contributed by atoms with Crippen molar-refractivity contribution in [3.05, 3.63) is 69.9 Å². The van der Waals surface area contributed by atoms with Gasteiger partial charge in [-0.3, -0.25) is 9.59 Å². The number of nitrogens with one attached hydrogen (secondary N) is 2. The fourth-order valence-corrected chi connectivity index (χ4v) is 3.85. The first-order valence-corrected chi connectivity index (χ1v) is 9.87. The number of halogens is 1. The normalized spacial score (nSPS) is 19.1. The standard InChI is InChI=1S/C22H23FN4O3/c1-13-11-27(12-14(2)30-13)19-8-7-15(9-18(19)23)10-24-22(29)20-16-5-3-4-6-17(16)21(28)26-25-20/h3-9,13-14H,10-12H2,1-2H3,(H,24,29)(H,26,28). The minimum atomic E-state index is -0.442. The SMILES string of the molecule is CC1CN(c2ccc(CNC(=O)c3n[nH]c(=O)c4ccccc34)cc2F)CC(C)O1. The van der Waals surface area contributed by atoms with Crippen LogP contribution in [0.3, 0.4) is 0 Å². The van der Waals surface area contributed by atoms with Crippen LogP contribution >= 0.6 is 0 Å². The van der Waals surface area contributed by atoms with Crippen LogP contribution in [0.4, 0.5) is 10.1 Å². The van der Waals surface area contributed by atoms with Crippen LogP contribution < -0.4 is 15.8 Å². The Hall–Kier alpha value is -3.26. The zero-order valence-electron chi connectivity index (χ0n) is 16.8. The van der Waals surface area contributed by atoms with E-state index in [1.807, 2.05) is 18.7 Å². The second-order valence-electron chi connectivity index (χ2n) is 7.58. The topological polar surface area (TPSA) is 87.3 Å². The molecule has 30 heavy (non-hydrogen) atoms. The van der Waals surface area contributed by atoms with Crippen LogP contribution in [0.2, 0.25) is 0 Å². The highest BCUT2D eigenvalue weighted by atomic mass is 19.1. The monoisotopic (exact) mass is 410 g/mol. The quantitative estimate of drug-likeness (QED) is 0.690. The van der Waals surface area contributed by atoms with Crippen molar-refractivity contribution in [2.24, 2.45) is 0 Å². The number of ether oxygens (including phenoxy) is 1. The van der Waals surface area contributed by atoms with Crippen molar-refractivity contribution < 1.29 is 13.9 Å². The molecule has 2 heterocycles. The molecule has 2 N–H and O–H groups in total. The Bertz CT molecular complexity index is 1140. The number of fused-ring (bicyclic) bond motifs is 1. The number of aromatic nitrogens is 2. The van der Waals surface area contributed by atoms with Gasteiger partial charge in [0.25, 0.3) is 11.5 Å². The molecule has 0 saturated carbocycles. The van der Waals surface area contributed by atoms with Crippen LogP contribution in [0.25, 0.3) is 10.8 Å². The van der Waals surface area contributed by atoms with E-state index >= 15 is 0 Å². The first kappa shape index (κ1) is 20.0. The summed E-state index contributed by atoms with van der Waals surface area (Å²) in [5.41, 5.74) is 0.929. The van der Waals surface area contributed by atoms with E-state index < -0.39 is 5.91 Å². The second kappa shape index (κ2) is 8.23. The van der Waals surface area contributed by atoms with Crippen molar-refractivity contribution >= 4 is 22.4 Å². The lowest BCUT2D eigenvalue weighted by Crippen LogP contribution is -2.45. The second-order valence-corrected chi connectivity index (χ2v) is 7.58. The number of anilines is 1. The van der Waals surface area contributed by atoms with Crippen LogP contribution in [-0.2, 0) is 11.3 Å². The molecule has 1 fully saturated rings. The predicted octanol–water partition coefficient (Wildman–Crippen LogP) is 2.61. The van der Waals surface area contributed by atoms with Gasteiger partial charge < -0.3 is 15.0 Å². The molecule has 156 valence electrons. The van der Waals surface area contributed by atoms with E-state index in [0.717, 1.165) is 0 Å². The van der Waals surface area contributed by atoms with Gasteiger partial charge in [-0.25, -0.2) is 9.49 Å². The van der Waals surface area contributed by atoms with Gasteiger partial charge in [0.15, 0.2) is 5.69 Å². The molecule has 1 amide bonds. The average molecular weight is 410 g/mol. The maximum atomic E-state index is 14.7. The number of carbonyl (C=O) groups is 1. The van der Waals surface area contributed by atoms with Crippen molar-refractivity contribution in [2.45, 2.75) is 32.6 Å². The lowest BCUT2D eigenvalue weighted by molar-refractivity contribution is -0.00539. The summed E-state index contributed by atoms with van der Waals surface area (Å²) in [4.78, 5) is 26.5. The fraction of sp³-hybridized carbons (Fsp3) is 0.318. The Balaban J connectivity index is 1.48. The average Bonchev–Trinajstić information content (AvgIpc) is 2.72. The third-order valence-corrected chi connectivity index (χ3v) is 5.14. The van der Waals surface area contributed by atoms with Crippen molar-refractivity contribution in [2.75, 3.05) is 18.0 Å². The third-order valence-electron chi connectivity index (χ3n) is 5.14. The Morgan fingerprint density at radius 1 is 1.20 bits per heavy atom. The van der Waals surface area contributed by atoms with E-state index in [-0.39, 0.29) is 35.8 Å². The summed E-state index contributed by atoms with van der Waals surface area (Å²) >= 11 is 0. The van der Waals surface area contributed by atoms with Crippen molar-refractivity contribution in [3.63, 3.8) is 0 Å². The summed E-state index contributed by atoms with van der Waals surface area (Å²) in [6.07, 6.45) is 0.0681. The highest BCUT2D eigenvalue weighted by Gasteiger charge is 2.24. The zero-order chi connectivity index (χ0) is 21.3. The first-order valence-electron chi connectivity index (χ1n) is 9.87. The summed E-state index contributed by atoms with van der Waals surface area (Å²) < 4.78 is 20.4. The van der Waals surface area contributed by atoms with Gasteiger partial charge in [-0.1, -0.05) is 24.3 Å². The molecule has 2 atom stereocenters. The molecule has 8 heteroatoms. The van der Waals surface area contributed by atoms with Gasteiger partial charge in [-0.15, -0.1) is 0 Å². The molecule has 1 aromatic heterocycles. The van der Waals surface area contributed by atoms with Crippen LogP contribution in [0, 0.1) is 5.82 Å². The van der Waals surface area contributed by atoms with Gasteiger partial charge in [0.1, 0.15) is 5.82 Å². The number of aromatic amines is 1. The molecule has 4 rings (SSSR count). The van der Waals surface area contributed by atoms with E-state index in [0.29, 0.717) is 35.1 Å². The molecule has 0 spiro atoms. The molecule has 3 aromatic rings. The summed E-state index contributed by atoms with van der Waals surface area (Å²) in [5, 5.41) is 9.83. The highest BCUT2D eigenvalue weighted by Crippen LogP contribution is 2.24. The molecular formula is C22H23FN4O3. The minimum absolute atomic E-state index is 0.0340. The van der Waals surface area contributed by atoms with E-state index in [4.69, 9.17) is 4.74 Å². The molecule has 7 nitrogen and oxygen atoms in total. The number of amides is 1. The van der Waals surface area contributed by atoms with Crippen LogP contribution in [0.5, 0.6) is 0 Å². The van der Waals surface area contributed by atoms with Gasteiger partial charge in [-0.2, -0.15) is 5.10 Å². The number of morpholine rings is 1. The van der Waals surface area contributed by atoms with Crippen LogP contribution in [0.15, 0.2) is 47.3 Å². The maximum Gasteiger partial charge on any atom is 0.272 e. The highest BCUT2D eigenvalue weighted by molar-refractivity contribution is 6.04. The van der Waals surface area contributed by atoms with Crippen LogP contribution in [0.1, 0.15) is 29.9 Å². The summed E-state index contributed by atoms with van der Waals surface area (Å²) in [7, 11) is 0. The minimum Gasteiger partial charge on any atom is -0.372 e. The first-order chi connectivity index (χ1) is 14.4. The van der Waals surface area contributed by atoms with E-state index in [9.17, 15) is 14.0 Å². The fourth-order valence-electron chi connectivity index (χ4n) is 3.85. The molecule has 0 radical (unpaired) electrons. The lowest BCUT2D eigenvalue weighted by Gasteiger charge is -2.37. The Morgan fingerprint density at radius 2 is 1.90 bits per heavy atom. The van der Waals surface area contributed by atoms with Crippen molar-refractivity contribution in [1.29, 1.82) is 0 Å². The number of H-pyrrole nitrogens is 1. The van der Waals surface area contributed by atoms with Crippen LogP contribution in [-0.4, -0.2) is 41.4 Å². The maximum absolute atomic E-state index is 14.7. The van der Waals surface area contributed by atoms with Crippen molar-refractivity contribution in [3.8, 4) is 0 Å². The number of hydrogen-bond acceptors (Lipinski definition) is 5. The number of benzene rings is 2. The third kappa shape index (κ3) is 4.04. The van der Waals surface area contributed by atoms with Gasteiger partial charge in [-0.05, 0) is 37.6 Å². The van der Waals surface area contributed by atoms with Gasteiger partial charge in [0, 0.05) is 25.0 Å². The summed E-state index contributed by atoms with van der Waals surface area (Å²) in [6.45, 7) is 5.34. The largest absolute Gasteiger partial charge is 0.372 e. The smallest absolute Gasteiger partial charge is 0.272 e.